The Bertz CT molecular complexity index is 1010. The van der Waals surface area contributed by atoms with Crippen LogP contribution in [-0.4, -0.2) is 22.7 Å². The first-order chi connectivity index (χ1) is 12.4. The summed E-state index contributed by atoms with van der Waals surface area (Å²) >= 11 is 0. The molecule has 0 saturated carbocycles. The molecule has 2 bridgehead atoms. The van der Waals surface area contributed by atoms with Crippen LogP contribution >= 0.6 is 0 Å². The molecule has 0 spiro atoms. The average molecular weight is 327 g/mol. The lowest BCUT2D eigenvalue weighted by Gasteiger charge is -2.35. The van der Waals surface area contributed by atoms with Crippen LogP contribution in [0.5, 0.6) is 0 Å². The predicted molar refractivity (Wildman–Crippen MR) is 102 cm³/mol. The second-order valence-electron chi connectivity index (χ2n) is 6.14. The Morgan fingerprint density at radius 2 is 2.04 bits per heavy atom. The molecule has 5 heteroatoms. The zero-order valence-electron chi connectivity index (χ0n) is 13.6. The van der Waals surface area contributed by atoms with Gasteiger partial charge in [-0.05, 0) is 54.5 Å². The molecule has 4 heterocycles. The fourth-order valence-electron chi connectivity index (χ4n) is 3.31. The summed E-state index contributed by atoms with van der Waals surface area (Å²) < 4.78 is 0. The fraction of sp³-hybridized carbons (Fsp3) is 0.100. The van der Waals surface area contributed by atoms with Crippen molar-refractivity contribution in [3.63, 3.8) is 0 Å². The number of anilines is 2. The largest absolute Gasteiger partial charge is 0.385 e. The second-order valence-corrected chi connectivity index (χ2v) is 6.14. The molecular weight excluding hydrogens is 310 g/mol. The number of nitrogens with one attached hydrogen (secondary N) is 2. The molecule has 5 rings (SSSR count). The zero-order chi connectivity index (χ0) is 16.6. The minimum absolute atomic E-state index is 0.880. The van der Waals surface area contributed by atoms with Crippen LogP contribution in [0.2, 0.25) is 0 Å². The first kappa shape index (κ1) is 14.0. The van der Waals surface area contributed by atoms with Crippen LogP contribution in [0.15, 0.2) is 77.5 Å². The van der Waals surface area contributed by atoms with E-state index in [-0.39, 0.29) is 0 Å². The van der Waals surface area contributed by atoms with Crippen LogP contribution in [0.25, 0.3) is 11.0 Å². The lowest BCUT2D eigenvalue weighted by molar-refractivity contribution is 0.983. The second kappa shape index (κ2) is 5.63. The van der Waals surface area contributed by atoms with Gasteiger partial charge in [0.05, 0.1) is 5.70 Å². The van der Waals surface area contributed by atoms with Gasteiger partial charge in [0, 0.05) is 48.0 Å². The third kappa shape index (κ3) is 2.41. The highest BCUT2D eigenvalue weighted by Gasteiger charge is 2.25. The number of nitrogens with zero attached hydrogens (tertiary/aromatic N) is 3. The molecule has 0 fully saturated rings. The lowest BCUT2D eigenvalue weighted by atomic mass is 10.1. The van der Waals surface area contributed by atoms with Crippen molar-refractivity contribution in [1.82, 2.24) is 9.97 Å². The van der Waals surface area contributed by atoms with Crippen molar-refractivity contribution < 1.29 is 0 Å². The Morgan fingerprint density at radius 1 is 1.12 bits per heavy atom. The van der Waals surface area contributed by atoms with E-state index in [1.807, 2.05) is 30.8 Å². The number of allylic oxidation sites excluding steroid dienone is 2. The number of hydrogen-bond acceptors (Lipinski definition) is 4. The standard InChI is InChI=1S/C20H17N5/c1-2-18-14(13-24-20(18)23-9-1)7-10-21-15-3-5-16(6-4-15)25-17-8-11-22-19(25)12-17/h1-6,8-9,11-13,21H,7,10H2,(H,23,24). The number of fused-ring (bicyclic) bond motifs is 3. The van der Waals surface area contributed by atoms with E-state index in [1.165, 1.54) is 16.6 Å². The highest BCUT2D eigenvalue weighted by Crippen LogP contribution is 2.35. The lowest BCUT2D eigenvalue weighted by Crippen LogP contribution is -2.30. The number of H-pyrrole nitrogens is 1. The number of aliphatic imine (C=N–C) groups is 1. The van der Waals surface area contributed by atoms with E-state index in [0.717, 1.165) is 35.8 Å². The summed E-state index contributed by atoms with van der Waals surface area (Å²) in [5.74, 6) is 1.01. The van der Waals surface area contributed by atoms with Crippen molar-refractivity contribution in [1.29, 1.82) is 0 Å². The molecule has 2 aliphatic heterocycles. The highest BCUT2D eigenvalue weighted by molar-refractivity contribution is 5.85. The van der Waals surface area contributed by atoms with Gasteiger partial charge in [0.25, 0.3) is 0 Å². The average Bonchev–Trinajstić information content (AvgIpc) is 3.07. The SMILES string of the molecule is c1cnc2[nH]cc(CCNc3ccc(N4c5ccnc4c5)cc3)c2c1. The van der Waals surface area contributed by atoms with E-state index >= 15 is 0 Å². The van der Waals surface area contributed by atoms with E-state index in [2.05, 4.69) is 61.6 Å². The molecule has 2 aromatic heterocycles. The van der Waals surface area contributed by atoms with Crippen LogP contribution in [-0.2, 0) is 6.42 Å². The molecule has 122 valence electrons. The van der Waals surface area contributed by atoms with Gasteiger partial charge in [-0.25, -0.2) is 9.98 Å². The van der Waals surface area contributed by atoms with Gasteiger partial charge in [0.1, 0.15) is 11.5 Å². The van der Waals surface area contributed by atoms with Crippen molar-refractivity contribution in [3.8, 4) is 0 Å². The maximum atomic E-state index is 4.34. The molecule has 25 heavy (non-hydrogen) atoms. The van der Waals surface area contributed by atoms with Crippen LogP contribution in [0.4, 0.5) is 11.4 Å². The quantitative estimate of drug-likeness (QED) is 0.748. The summed E-state index contributed by atoms with van der Waals surface area (Å²) in [5, 5.41) is 4.69. The first-order valence-electron chi connectivity index (χ1n) is 8.39. The summed E-state index contributed by atoms with van der Waals surface area (Å²) in [6, 6.07) is 12.6. The molecular formula is C20H17N5. The summed E-state index contributed by atoms with van der Waals surface area (Å²) in [6.45, 7) is 0.880. The fourth-order valence-corrected chi connectivity index (χ4v) is 3.31. The molecule has 5 nitrogen and oxygen atoms in total. The van der Waals surface area contributed by atoms with Crippen LogP contribution < -0.4 is 10.2 Å². The molecule has 2 aliphatic rings. The monoisotopic (exact) mass is 327 g/mol. The Balaban J connectivity index is 1.23. The number of benzene rings is 1. The minimum atomic E-state index is 0.880. The van der Waals surface area contributed by atoms with Gasteiger partial charge in [0.2, 0.25) is 0 Å². The van der Waals surface area contributed by atoms with Crippen molar-refractivity contribution in [3.05, 3.63) is 78.0 Å². The summed E-state index contributed by atoms with van der Waals surface area (Å²) in [5.41, 5.74) is 5.71. The number of hydrogen-bond donors (Lipinski definition) is 2. The van der Waals surface area contributed by atoms with E-state index in [1.54, 1.807) is 0 Å². The van der Waals surface area contributed by atoms with Gasteiger partial charge >= 0.3 is 0 Å². The number of pyridine rings is 1. The zero-order valence-corrected chi connectivity index (χ0v) is 13.6. The summed E-state index contributed by atoms with van der Waals surface area (Å²) in [4.78, 5) is 14.1. The van der Waals surface area contributed by atoms with Crippen LogP contribution in [0.1, 0.15) is 5.56 Å². The van der Waals surface area contributed by atoms with Crippen molar-refractivity contribution >= 4 is 28.6 Å². The van der Waals surface area contributed by atoms with E-state index < -0.39 is 0 Å². The van der Waals surface area contributed by atoms with Crippen molar-refractivity contribution in [2.45, 2.75) is 6.42 Å². The Kier molecular flexibility index (Phi) is 3.16. The van der Waals surface area contributed by atoms with Gasteiger partial charge in [-0.2, -0.15) is 0 Å². The Labute approximate surface area is 145 Å². The molecule has 1 aromatic carbocycles. The van der Waals surface area contributed by atoms with Gasteiger partial charge < -0.3 is 10.3 Å². The number of aromatic amines is 1. The number of rotatable bonds is 5. The summed E-state index contributed by atoms with van der Waals surface area (Å²) in [6.07, 6.45) is 10.8. The normalized spacial score (nSPS) is 15.0. The van der Waals surface area contributed by atoms with E-state index in [9.17, 15) is 0 Å². The smallest absolute Gasteiger partial charge is 0.139 e. The van der Waals surface area contributed by atoms with E-state index in [0.29, 0.717) is 0 Å². The maximum absolute atomic E-state index is 4.34. The van der Waals surface area contributed by atoms with E-state index in [4.69, 9.17) is 0 Å². The molecule has 0 aliphatic carbocycles. The molecule has 0 radical (unpaired) electrons. The Morgan fingerprint density at radius 3 is 2.84 bits per heavy atom. The molecule has 2 N–H and O–H groups in total. The third-order valence-electron chi connectivity index (χ3n) is 4.60. The topological polar surface area (TPSA) is 56.3 Å². The van der Waals surface area contributed by atoms with Crippen molar-refractivity contribution in [2.24, 2.45) is 4.99 Å². The summed E-state index contributed by atoms with van der Waals surface area (Å²) in [7, 11) is 0. The van der Waals surface area contributed by atoms with Gasteiger partial charge in [-0.15, -0.1) is 0 Å². The highest BCUT2D eigenvalue weighted by atomic mass is 15.3. The predicted octanol–water partition coefficient (Wildman–Crippen LogP) is 3.85. The van der Waals surface area contributed by atoms with Crippen molar-refractivity contribution in [2.75, 3.05) is 16.8 Å². The molecule has 0 amide bonds. The molecule has 0 unspecified atom stereocenters. The van der Waals surface area contributed by atoms with Crippen LogP contribution in [0, 0.1) is 0 Å². The van der Waals surface area contributed by atoms with Crippen LogP contribution in [0.3, 0.4) is 0 Å². The molecule has 0 atom stereocenters. The molecule has 0 saturated heterocycles. The molecule has 3 aromatic rings. The third-order valence-corrected chi connectivity index (χ3v) is 4.60. The maximum Gasteiger partial charge on any atom is 0.139 e. The first-order valence-corrected chi connectivity index (χ1v) is 8.39. The van der Waals surface area contributed by atoms with Gasteiger partial charge in [0.15, 0.2) is 0 Å². The minimum Gasteiger partial charge on any atom is -0.385 e. The number of aromatic nitrogens is 2. The van der Waals surface area contributed by atoms with Gasteiger partial charge in [-0.1, -0.05) is 0 Å². The Hall–Kier alpha value is -3.34. The van der Waals surface area contributed by atoms with Gasteiger partial charge in [-0.3, -0.25) is 4.90 Å².